The fraction of sp³-hybridized carbons (Fsp3) is 0.136. The van der Waals surface area contributed by atoms with Crippen molar-refractivity contribution in [3.63, 3.8) is 0 Å². The van der Waals surface area contributed by atoms with Gasteiger partial charge >= 0.3 is 0 Å². The van der Waals surface area contributed by atoms with Crippen LogP contribution in [0.5, 0.6) is 5.75 Å². The van der Waals surface area contributed by atoms with Gasteiger partial charge in [0, 0.05) is 18.2 Å². The minimum atomic E-state index is -4.09. The lowest BCUT2D eigenvalue weighted by Crippen LogP contribution is -2.38. The number of non-ortho nitro benzene ring substituents is 1. The van der Waals surface area contributed by atoms with E-state index in [9.17, 15) is 23.3 Å². The van der Waals surface area contributed by atoms with E-state index in [2.05, 4.69) is 5.32 Å². The topological polar surface area (TPSA) is 119 Å². The number of hydrogen-bond donors (Lipinski definition) is 1. The van der Waals surface area contributed by atoms with E-state index in [1.165, 1.54) is 43.5 Å². The molecule has 3 rings (SSSR count). The number of benzene rings is 3. The van der Waals surface area contributed by atoms with E-state index in [0.717, 1.165) is 4.31 Å². The van der Waals surface area contributed by atoms with Crippen LogP contribution in [0, 0.1) is 17.0 Å². The molecule has 0 unspecified atom stereocenters. The van der Waals surface area contributed by atoms with Crippen LogP contribution in [0.15, 0.2) is 77.7 Å². The molecule has 0 saturated carbocycles. The summed E-state index contributed by atoms with van der Waals surface area (Å²) >= 11 is 0. The Kier molecular flexibility index (Phi) is 6.74. The van der Waals surface area contributed by atoms with Gasteiger partial charge in [0.15, 0.2) is 0 Å². The molecule has 0 spiro atoms. The first kappa shape index (κ1) is 22.8. The summed E-state index contributed by atoms with van der Waals surface area (Å²) in [7, 11) is -2.64. The molecule has 0 aliphatic heterocycles. The third-order valence-electron chi connectivity index (χ3n) is 4.67. The second-order valence-electron chi connectivity index (χ2n) is 6.83. The van der Waals surface area contributed by atoms with E-state index >= 15 is 0 Å². The van der Waals surface area contributed by atoms with Gasteiger partial charge in [0.1, 0.15) is 12.3 Å². The molecule has 9 nitrogen and oxygen atoms in total. The molecule has 0 aromatic heterocycles. The number of sulfonamides is 1. The summed E-state index contributed by atoms with van der Waals surface area (Å²) < 4.78 is 32.8. The molecule has 1 amide bonds. The molecule has 0 bridgehead atoms. The average molecular weight is 455 g/mol. The van der Waals surface area contributed by atoms with Crippen LogP contribution in [0.2, 0.25) is 0 Å². The normalized spacial score (nSPS) is 10.9. The van der Waals surface area contributed by atoms with E-state index in [1.54, 1.807) is 43.3 Å². The minimum Gasteiger partial charge on any atom is -0.497 e. The van der Waals surface area contributed by atoms with Crippen molar-refractivity contribution in [2.24, 2.45) is 0 Å². The number of amides is 1. The van der Waals surface area contributed by atoms with Crippen LogP contribution in [0.1, 0.15) is 5.56 Å². The first-order valence-corrected chi connectivity index (χ1v) is 10.9. The SMILES string of the molecule is COc1cccc(N(CC(=O)Nc2cc([N+](=O)[O-])ccc2C)S(=O)(=O)c2ccccc2)c1. The van der Waals surface area contributed by atoms with Crippen LogP contribution in [-0.4, -0.2) is 32.9 Å². The Hall–Kier alpha value is -3.92. The van der Waals surface area contributed by atoms with E-state index in [0.29, 0.717) is 11.3 Å². The molecule has 1 N–H and O–H groups in total. The summed E-state index contributed by atoms with van der Waals surface area (Å²) in [5.74, 6) is -0.235. The van der Waals surface area contributed by atoms with Crippen molar-refractivity contribution < 1.29 is 22.9 Å². The van der Waals surface area contributed by atoms with Gasteiger partial charge in [-0.2, -0.15) is 0 Å². The van der Waals surface area contributed by atoms with Gasteiger partial charge in [0.2, 0.25) is 5.91 Å². The van der Waals surface area contributed by atoms with Crippen molar-refractivity contribution in [3.8, 4) is 5.75 Å². The lowest BCUT2D eigenvalue weighted by Gasteiger charge is -2.24. The Morgan fingerprint density at radius 1 is 1.06 bits per heavy atom. The zero-order chi connectivity index (χ0) is 23.3. The van der Waals surface area contributed by atoms with Gasteiger partial charge in [-0.1, -0.05) is 30.3 Å². The predicted molar refractivity (Wildman–Crippen MR) is 120 cm³/mol. The quantitative estimate of drug-likeness (QED) is 0.408. The van der Waals surface area contributed by atoms with Crippen molar-refractivity contribution in [3.05, 3.63) is 88.5 Å². The summed E-state index contributed by atoms with van der Waals surface area (Å²) in [6.07, 6.45) is 0. The fourth-order valence-electron chi connectivity index (χ4n) is 2.98. The number of nitrogens with one attached hydrogen (secondary N) is 1. The molecule has 0 aliphatic carbocycles. The molecule has 0 saturated heterocycles. The Morgan fingerprint density at radius 2 is 1.78 bits per heavy atom. The lowest BCUT2D eigenvalue weighted by atomic mass is 10.2. The van der Waals surface area contributed by atoms with Crippen LogP contribution < -0.4 is 14.4 Å². The largest absolute Gasteiger partial charge is 0.497 e. The zero-order valence-corrected chi connectivity index (χ0v) is 18.2. The van der Waals surface area contributed by atoms with E-state index < -0.39 is 27.4 Å². The molecule has 0 atom stereocenters. The van der Waals surface area contributed by atoms with Gasteiger partial charge < -0.3 is 10.1 Å². The maximum Gasteiger partial charge on any atom is 0.271 e. The molecule has 0 fully saturated rings. The van der Waals surface area contributed by atoms with Gasteiger partial charge in [-0.05, 0) is 36.8 Å². The highest BCUT2D eigenvalue weighted by Gasteiger charge is 2.27. The number of aryl methyl sites for hydroxylation is 1. The van der Waals surface area contributed by atoms with Crippen molar-refractivity contribution >= 4 is 33.0 Å². The van der Waals surface area contributed by atoms with Crippen LogP contribution in [-0.2, 0) is 14.8 Å². The maximum absolute atomic E-state index is 13.3. The predicted octanol–water partition coefficient (Wildman–Crippen LogP) is 3.75. The number of carbonyl (C=O) groups excluding carboxylic acids is 1. The van der Waals surface area contributed by atoms with E-state index in [1.807, 2.05) is 0 Å². The van der Waals surface area contributed by atoms with E-state index in [-0.39, 0.29) is 22.0 Å². The highest BCUT2D eigenvalue weighted by molar-refractivity contribution is 7.92. The molecule has 0 radical (unpaired) electrons. The molecule has 32 heavy (non-hydrogen) atoms. The number of rotatable bonds is 8. The average Bonchev–Trinajstić information content (AvgIpc) is 2.79. The summed E-state index contributed by atoms with van der Waals surface area (Å²) in [5.41, 5.74) is 0.876. The molecular weight excluding hydrogens is 434 g/mol. The monoisotopic (exact) mass is 455 g/mol. The number of nitro benzene ring substituents is 1. The summed E-state index contributed by atoms with van der Waals surface area (Å²) in [5, 5.41) is 13.6. The lowest BCUT2D eigenvalue weighted by molar-refractivity contribution is -0.384. The van der Waals surface area contributed by atoms with Gasteiger partial charge in [-0.15, -0.1) is 0 Å². The molecule has 10 heteroatoms. The highest BCUT2D eigenvalue weighted by Crippen LogP contribution is 2.27. The second kappa shape index (κ2) is 9.48. The first-order chi connectivity index (χ1) is 15.2. The minimum absolute atomic E-state index is 0.0159. The summed E-state index contributed by atoms with van der Waals surface area (Å²) in [4.78, 5) is 23.3. The standard InChI is InChI=1S/C22H21N3O6S/c1-16-11-12-18(25(27)28)14-21(16)23-22(26)15-24(17-7-6-8-19(13-17)31-2)32(29,30)20-9-4-3-5-10-20/h3-14H,15H2,1-2H3,(H,23,26). The van der Waals surface area contributed by atoms with Crippen molar-refractivity contribution in [2.45, 2.75) is 11.8 Å². The molecule has 3 aromatic carbocycles. The summed E-state index contributed by atoms with van der Waals surface area (Å²) in [6, 6.07) is 18.1. The molecular formula is C22H21N3O6S. The molecule has 3 aromatic rings. The van der Waals surface area contributed by atoms with Crippen LogP contribution in [0.25, 0.3) is 0 Å². The molecule has 166 valence electrons. The Morgan fingerprint density at radius 3 is 2.44 bits per heavy atom. The Balaban J connectivity index is 1.97. The third-order valence-corrected chi connectivity index (χ3v) is 6.45. The number of nitro groups is 1. The van der Waals surface area contributed by atoms with Gasteiger partial charge in [-0.3, -0.25) is 19.2 Å². The smallest absolute Gasteiger partial charge is 0.271 e. The number of hydrogen-bond acceptors (Lipinski definition) is 6. The first-order valence-electron chi connectivity index (χ1n) is 9.49. The van der Waals surface area contributed by atoms with Gasteiger partial charge in [0.05, 0.1) is 28.3 Å². The number of methoxy groups -OCH3 is 1. The number of nitrogens with zero attached hydrogens (tertiary/aromatic N) is 2. The maximum atomic E-state index is 13.3. The highest BCUT2D eigenvalue weighted by atomic mass is 32.2. The van der Waals surface area contributed by atoms with Crippen molar-refractivity contribution in [1.29, 1.82) is 0 Å². The van der Waals surface area contributed by atoms with Gasteiger partial charge in [-0.25, -0.2) is 8.42 Å². The van der Waals surface area contributed by atoms with Gasteiger partial charge in [0.25, 0.3) is 15.7 Å². The zero-order valence-electron chi connectivity index (χ0n) is 17.4. The summed E-state index contributed by atoms with van der Waals surface area (Å²) in [6.45, 7) is 1.13. The van der Waals surface area contributed by atoms with Crippen LogP contribution in [0.3, 0.4) is 0 Å². The third kappa shape index (κ3) is 5.03. The van der Waals surface area contributed by atoms with Crippen molar-refractivity contribution in [1.82, 2.24) is 0 Å². The van der Waals surface area contributed by atoms with E-state index in [4.69, 9.17) is 4.74 Å². The van der Waals surface area contributed by atoms with Crippen LogP contribution >= 0.6 is 0 Å². The van der Waals surface area contributed by atoms with Crippen LogP contribution in [0.4, 0.5) is 17.1 Å². The molecule has 0 heterocycles. The number of anilines is 2. The Bertz CT molecular complexity index is 1250. The number of ether oxygens (including phenoxy) is 1. The van der Waals surface area contributed by atoms with Crippen molar-refractivity contribution in [2.75, 3.05) is 23.3 Å². The molecule has 0 aliphatic rings. The Labute approximate surface area is 185 Å². The fourth-order valence-corrected chi connectivity index (χ4v) is 4.41. The number of carbonyl (C=O) groups is 1. The second-order valence-corrected chi connectivity index (χ2v) is 8.69.